The Balaban J connectivity index is 1.93. The summed E-state index contributed by atoms with van der Waals surface area (Å²) in [6.07, 6.45) is 0.570. The summed E-state index contributed by atoms with van der Waals surface area (Å²) in [6.45, 7) is 7.48. The number of rotatable bonds is 6. The Morgan fingerprint density at radius 2 is 1.54 bits per heavy atom. The molecule has 0 saturated carbocycles. The van der Waals surface area contributed by atoms with Crippen molar-refractivity contribution in [2.45, 2.75) is 34.1 Å². The third-order valence-electron chi connectivity index (χ3n) is 4.23. The molecule has 0 aliphatic heterocycles. The van der Waals surface area contributed by atoms with Crippen LogP contribution in [0.1, 0.15) is 30.5 Å². The van der Waals surface area contributed by atoms with Gasteiger partial charge in [0.05, 0.1) is 0 Å². The maximum atomic E-state index is 12.9. The van der Waals surface area contributed by atoms with Crippen LogP contribution < -0.4 is 10.6 Å². The summed E-state index contributed by atoms with van der Waals surface area (Å²) in [4.78, 5) is 25.0. The van der Waals surface area contributed by atoms with Gasteiger partial charge in [-0.2, -0.15) is 0 Å². The molecule has 0 radical (unpaired) electrons. The van der Waals surface area contributed by atoms with Gasteiger partial charge in [0.1, 0.15) is 11.2 Å². The molecular formula is C21H25FN2O2. The second kappa shape index (κ2) is 8.13. The summed E-state index contributed by atoms with van der Waals surface area (Å²) in [5, 5.41) is 5.60. The molecule has 138 valence electrons. The van der Waals surface area contributed by atoms with Crippen LogP contribution in [0.4, 0.5) is 10.1 Å². The normalized spacial score (nSPS) is 11.1. The largest absolute Gasteiger partial charge is 0.355 e. The molecule has 0 spiro atoms. The zero-order valence-electron chi connectivity index (χ0n) is 15.7. The Labute approximate surface area is 153 Å². The molecule has 0 unspecified atom stereocenters. The Kier molecular flexibility index (Phi) is 6.14. The highest BCUT2D eigenvalue weighted by Crippen LogP contribution is 2.21. The first-order chi connectivity index (χ1) is 12.2. The van der Waals surface area contributed by atoms with Gasteiger partial charge in [-0.05, 0) is 75.1 Å². The Morgan fingerprint density at radius 3 is 2.12 bits per heavy atom. The summed E-state index contributed by atoms with van der Waals surface area (Å²) < 4.78 is 12.9. The van der Waals surface area contributed by atoms with E-state index in [4.69, 9.17) is 0 Å². The van der Waals surface area contributed by atoms with Crippen molar-refractivity contribution in [1.29, 1.82) is 0 Å². The second-order valence-corrected chi connectivity index (χ2v) is 7.09. The molecule has 0 aliphatic carbocycles. The summed E-state index contributed by atoms with van der Waals surface area (Å²) in [7, 11) is 0. The monoisotopic (exact) mass is 356 g/mol. The number of hydrogen-bond donors (Lipinski definition) is 2. The van der Waals surface area contributed by atoms with E-state index in [1.54, 1.807) is 26.0 Å². The predicted molar refractivity (Wildman–Crippen MR) is 101 cm³/mol. The zero-order valence-corrected chi connectivity index (χ0v) is 15.7. The van der Waals surface area contributed by atoms with Gasteiger partial charge in [-0.3, -0.25) is 9.59 Å². The first kappa shape index (κ1) is 19.6. The quantitative estimate of drug-likeness (QED) is 0.774. The highest BCUT2D eigenvalue weighted by molar-refractivity contribution is 6.09. The molecule has 0 aliphatic rings. The smallest absolute Gasteiger partial charge is 0.239 e. The first-order valence-electron chi connectivity index (χ1n) is 8.61. The van der Waals surface area contributed by atoms with E-state index in [0.717, 1.165) is 16.7 Å². The van der Waals surface area contributed by atoms with Crippen molar-refractivity contribution in [3.05, 3.63) is 65.0 Å². The Bertz CT molecular complexity index is 778. The van der Waals surface area contributed by atoms with Crippen LogP contribution in [0.3, 0.4) is 0 Å². The van der Waals surface area contributed by atoms with Crippen molar-refractivity contribution in [2.75, 3.05) is 11.9 Å². The van der Waals surface area contributed by atoms with Crippen LogP contribution in [0.2, 0.25) is 0 Å². The summed E-state index contributed by atoms with van der Waals surface area (Å²) in [5.41, 5.74) is 2.48. The van der Waals surface area contributed by atoms with Crippen molar-refractivity contribution in [1.82, 2.24) is 5.32 Å². The Hall–Kier alpha value is -2.69. The molecule has 0 aromatic heterocycles. The number of hydrogen-bond acceptors (Lipinski definition) is 2. The fraction of sp³-hybridized carbons (Fsp3) is 0.333. The predicted octanol–water partition coefficient (Wildman–Crippen LogP) is 3.77. The van der Waals surface area contributed by atoms with Gasteiger partial charge in [-0.25, -0.2) is 4.39 Å². The molecule has 5 heteroatoms. The van der Waals surface area contributed by atoms with E-state index in [9.17, 15) is 14.0 Å². The van der Waals surface area contributed by atoms with E-state index in [1.165, 1.54) is 12.1 Å². The second-order valence-electron chi connectivity index (χ2n) is 7.09. The van der Waals surface area contributed by atoms with Gasteiger partial charge < -0.3 is 10.6 Å². The molecule has 0 saturated heterocycles. The number of anilines is 1. The molecule has 4 nitrogen and oxygen atoms in total. The molecule has 2 N–H and O–H groups in total. The minimum Gasteiger partial charge on any atom is -0.355 e. The van der Waals surface area contributed by atoms with E-state index in [-0.39, 0.29) is 17.6 Å². The van der Waals surface area contributed by atoms with Crippen LogP contribution in [0, 0.1) is 25.1 Å². The van der Waals surface area contributed by atoms with Crippen LogP contribution in [-0.2, 0) is 16.0 Å². The number of amides is 2. The van der Waals surface area contributed by atoms with Crippen LogP contribution in [0.25, 0.3) is 0 Å². The van der Waals surface area contributed by atoms with E-state index >= 15 is 0 Å². The lowest BCUT2D eigenvalue weighted by Gasteiger charge is -2.23. The van der Waals surface area contributed by atoms with Gasteiger partial charge in [0.15, 0.2) is 0 Å². The number of carbonyl (C=O) groups is 2. The fourth-order valence-electron chi connectivity index (χ4n) is 2.63. The van der Waals surface area contributed by atoms with Gasteiger partial charge in [-0.15, -0.1) is 0 Å². The zero-order chi connectivity index (χ0) is 19.3. The maximum absolute atomic E-state index is 12.9. The van der Waals surface area contributed by atoms with Crippen molar-refractivity contribution >= 4 is 17.5 Å². The van der Waals surface area contributed by atoms with Crippen LogP contribution in [0.15, 0.2) is 42.5 Å². The highest BCUT2D eigenvalue weighted by Gasteiger charge is 2.35. The SMILES string of the molecule is Cc1cc(C)cc(NC(=O)C(C)(C)C(=O)NCCc2ccc(F)cc2)c1. The summed E-state index contributed by atoms with van der Waals surface area (Å²) >= 11 is 0. The molecule has 2 aromatic carbocycles. The molecule has 0 fully saturated rings. The van der Waals surface area contributed by atoms with Crippen LogP contribution >= 0.6 is 0 Å². The summed E-state index contributed by atoms with van der Waals surface area (Å²) in [6, 6.07) is 11.9. The molecule has 2 aromatic rings. The lowest BCUT2D eigenvalue weighted by molar-refractivity contribution is -0.138. The maximum Gasteiger partial charge on any atom is 0.239 e. The topological polar surface area (TPSA) is 58.2 Å². The fourth-order valence-corrected chi connectivity index (χ4v) is 2.63. The number of benzene rings is 2. The van der Waals surface area contributed by atoms with E-state index in [2.05, 4.69) is 10.6 Å². The molecular weight excluding hydrogens is 331 g/mol. The van der Waals surface area contributed by atoms with E-state index < -0.39 is 5.41 Å². The lowest BCUT2D eigenvalue weighted by atomic mass is 9.90. The number of nitrogens with one attached hydrogen (secondary N) is 2. The number of carbonyl (C=O) groups excluding carboxylic acids is 2. The average molecular weight is 356 g/mol. The highest BCUT2D eigenvalue weighted by atomic mass is 19.1. The molecule has 0 atom stereocenters. The van der Waals surface area contributed by atoms with Gasteiger partial charge in [0.25, 0.3) is 0 Å². The Morgan fingerprint density at radius 1 is 0.962 bits per heavy atom. The average Bonchev–Trinajstić information content (AvgIpc) is 2.55. The molecule has 0 bridgehead atoms. The van der Waals surface area contributed by atoms with Gasteiger partial charge in [0.2, 0.25) is 11.8 Å². The standard InChI is InChI=1S/C21H25FN2O2/c1-14-11-15(2)13-18(12-14)24-20(26)21(3,4)19(25)23-10-9-16-5-7-17(22)8-6-16/h5-8,11-13H,9-10H2,1-4H3,(H,23,25)(H,24,26). The van der Waals surface area contributed by atoms with Crippen LogP contribution in [0.5, 0.6) is 0 Å². The lowest BCUT2D eigenvalue weighted by Crippen LogP contribution is -2.45. The van der Waals surface area contributed by atoms with Gasteiger partial charge >= 0.3 is 0 Å². The van der Waals surface area contributed by atoms with Crippen molar-refractivity contribution in [3.8, 4) is 0 Å². The van der Waals surface area contributed by atoms with Crippen molar-refractivity contribution in [3.63, 3.8) is 0 Å². The third-order valence-corrected chi connectivity index (χ3v) is 4.23. The van der Waals surface area contributed by atoms with E-state index in [0.29, 0.717) is 18.7 Å². The van der Waals surface area contributed by atoms with Crippen molar-refractivity contribution < 1.29 is 14.0 Å². The summed E-state index contributed by atoms with van der Waals surface area (Å²) in [5.74, 6) is -0.995. The number of halogens is 1. The number of aryl methyl sites for hydroxylation is 2. The molecule has 0 heterocycles. The molecule has 2 rings (SSSR count). The third kappa shape index (κ3) is 5.15. The minimum atomic E-state index is -1.21. The minimum absolute atomic E-state index is 0.290. The van der Waals surface area contributed by atoms with Gasteiger partial charge in [0, 0.05) is 12.2 Å². The molecule has 2 amide bonds. The molecule has 26 heavy (non-hydrogen) atoms. The first-order valence-corrected chi connectivity index (χ1v) is 8.61. The van der Waals surface area contributed by atoms with Crippen molar-refractivity contribution in [2.24, 2.45) is 5.41 Å². The van der Waals surface area contributed by atoms with Crippen LogP contribution in [-0.4, -0.2) is 18.4 Å². The van der Waals surface area contributed by atoms with E-state index in [1.807, 2.05) is 32.0 Å². The van der Waals surface area contributed by atoms with Gasteiger partial charge in [-0.1, -0.05) is 18.2 Å².